The van der Waals surface area contributed by atoms with E-state index in [1.807, 2.05) is 4.90 Å². The predicted molar refractivity (Wildman–Crippen MR) is 71.7 cm³/mol. The number of piperidine rings is 1. The van der Waals surface area contributed by atoms with Crippen molar-refractivity contribution in [3.05, 3.63) is 0 Å². The molecule has 1 atom stereocenters. The van der Waals surface area contributed by atoms with E-state index in [1.54, 1.807) is 6.92 Å². The molecule has 1 rings (SSSR count). The average Bonchev–Trinajstić information content (AvgIpc) is 2.36. The van der Waals surface area contributed by atoms with Crippen molar-refractivity contribution >= 4 is 15.9 Å². The Balaban J connectivity index is 2.49. The van der Waals surface area contributed by atoms with E-state index in [4.69, 9.17) is 0 Å². The van der Waals surface area contributed by atoms with Gasteiger partial charge in [0.1, 0.15) is 0 Å². The van der Waals surface area contributed by atoms with Crippen LogP contribution in [0, 0.1) is 0 Å². The molecule has 0 bridgehead atoms. The Morgan fingerprint density at radius 3 is 2.67 bits per heavy atom. The summed E-state index contributed by atoms with van der Waals surface area (Å²) in [5, 5.41) is 0. The van der Waals surface area contributed by atoms with E-state index in [0.29, 0.717) is 6.42 Å². The molecule has 1 heterocycles. The molecule has 1 amide bonds. The van der Waals surface area contributed by atoms with Crippen LogP contribution in [-0.4, -0.2) is 44.1 Å². The van der Waals surface area contributed by atoms with Crippen molar-refractivity contribution < 1.29 is 13.2 Å². The second-order valence-corrected chi connectivity index (χ2v) is 6.71. The molecule has 1 N–H and O–H groups in total. The normalized spacial score (nSPS) is 21.0. The van der Waals surface area contributed by atoms with Crippen LogP contribution >= 0.6 is 0 Å². The van der Waals surface area contributed by atoms with Gasteiger partial charge in [-0.15, -0.1) is 0 Å². The third kappa shape index (κ3) is 4.57. The van der Waals surface area contributed by atoms with Gasteiger partial charge < -0.3 is 4.90 Å². The lowest BCUT2D eigenvalue weighted by atomic mass is 10.00. The summed E-state index contributed by atoms with van der Waals surface area (Å²) in [6.45, 7) is 4.53. The van der Waals surface area contributed by atoms with Gasteiger partial charge in [0, 0.05) is 12.6 Å². The summed E-state index contributed by atoms with van der Waals surface area (Å²) < 4.78 is 25.4. The van der Waals surface area contributed by atoms with E-state index in [1.165, 1.54) is 0 Å². The van der Waals surface area contributed by atoms with Crippen molar-refractivity contribution in [2.45, 2.75) is 52.0 Å². The molecule has 1 saturated heterocycles. The molecule has 0 aliphatic carbocycles. The predicted octanol–water partition coefficient (Wildman–Crippen LogP) is 1.11. The molecule has 1 fully saturated rings. The zero-order valence-corrected chi connectivity index (χ0v) is 12.1. The molecule has 1 unspecified atom stereocenters. The Hall–Kier alpha value is -0.620. The number of hydrogen-bond donors (Lipinski definition) is 1. The van der Waals surface area contributed by atoms with Gasteiger partial charge in [-0.1, -0.05) is 13.8 Å². The fraction of sp³-hybridized carbons (Fsp3) is 0.917. The Bertz CT molecular complexity index is 368. The SMILES string of the molecule is CCCS(=O)(=O)NCC(=O)N1CCCCC1CC. The van der Waals surface area contributed by atoms with Crippen LogP contribution in [0.5, 0.6) is 0 Å². The van der Waals surface area contributed by atoms with Crippen molar-refractivity contribution in [3.8, 4) is 0 Å². The molecule has 0 aromatic heterocycles. The molecule has 0 spiro atoms. The average molecular weight is 276 g/mol. The van der Waals surface area contributed by atoms with Crippen LogP contribution in [0.1, 0.15) is 46.0 Å². The monoisotopic (exact) mass is 276 g/mol. The minimum atomic E-state index is -3.29. The smallest absolute Gasteiger partial charge is 0.237 e. The van der Waals surface area contributed by atoms with Gasteiger partial charge in [0.25, 0.3) is 0 Å². The summed E-state index contributed by atoms with van der Waals surface area (Å²) in [5.74, 6) is -0.0152. The Kier molecular flexibility index (Phi) is 6.08. The number of nitrogens with one attached hydrogen (secondary N) is 1. The molecule has 0 radical (unpaired) electrons. The Morgan fingerprint density at radius 2 is 2.06 bits per heavy atom. The zero-order valence-electron chi connectivity index (χ0n) is 11.3. The largest absolute Gasteiger partial charge is 0.339 e. The summed E-state index contributed by atoms with van der Waals surface area (Å²) in [7, 11) is -3.29. The van der Waals surface area contributed by atoms with Crippen molar-refractivity contribution in [1.29, 1.82) is 0 Å². The van der Waals surface area contributed by atoms with E-state index in [-0.39, 0.29) is 24.2 Å². The quantitative estimate of drug-likeness (QED) is 0.790. The van der Waals surface area contributed by atoms with Crippen LogP contribution in [0.3, 0.4) is 0 Å². The van der Waals surface area contributed by atoms with E-state index < -0.39 is 10.0 Å². The van der Waals surface area contributed by atoms with Crippen molar-refractivity contribution in [1.82, 2.24) is 9.62 Å². The second kappa shape index (κ2) is 7.09. The summed E-state index contributed by atoms with van der Waals surface area (Å²) in [4.78, 5) is 13.8. The van der Waals surface area contributed by atoms with Crippen molar-refractivity contribution in [2.75, 3.05) is 18.8 Å². The second-order valence-electron chi connectivity index (χ2n) is 4.78. The number of hydrogen-bond acceptors (Lipinski definition) is 3. The maximum atomic E-state index is 12.0. The first-order valence-electron chi connectivity index (χ1n) is 6.77. The molecular weight excluding hydrogens is 252 g/mol. The van der Waals surface area contributed by atoms with Gasteiger partial charge in [0.2, 0.25) is 15.9 Å². The number of carbonyl (C=O) groups excluding carboxylic acids is 1. The summed E-state index contributed by atoms with van der Waals surface area (Å²) in [5.41, 5.74) is 0. The number of amides is 1. The summed E-state index contributed by atoms with van der Waals surface area (Å²) in [6.07, 6.45) is 4.70. The van der Waals surface area contributed by atoms with Crippen LogP contribution in [-0.2, 0) is 14.8 Å². The lowest BCUT2D eigenvalue weighted by Crippen LogP contribution is -2.47. The van der Waals surface area contributed by atoms with Crippen LogP contribution in [0.15, 0.2) is 0 Å². The van der Waals surface area contributed by atoms with Crippen LogP contribution in [0.2, 0.25) is 0 Å². The number of rotatable bonds is 6. The molecule has 6 heteroatoms. The highest BCUT2D eigenvalue weighted by molar-refractivity contribution is 7.89. The molecular formula is C12H24N2O3S. The first-order chi connectivity index (χ1) is 8.50. The highest BCUT2D eigenvalue weighted by atomic mass is 32.2. The Labute approximate surface area is 110 Å². The maximum Gasteiger partial charge on any atom is 0.237 e. The van der Waals surface area contributed by atoms with Gasteiger partial charge in [-0.2, -0.15) is 0 Å². The van der Waals surface area contributed by atoms with Gasteiger partial charge >= 0.3 is 0 Å². The van der Waals surface area contributed by atoms with E-state index in [0.717, 1.165) is 32.2 Å². The highest BCUT2D eigenvalue weighted by Gasteiger charge is 2.25. The van der Waals surface area contributed by atoms with Gasteiger partial charge in [-0.25, -0.2) is 13.1 Å². The van der Waals surface area contributed by atoms with Crippen LogP contribution in [0.25, 0.3) is 0 Å². The molecule has 0 aromatic rings. The Morgan fingerprint density at radius 1 is 1.33 bits per heavy atom. The third-order valence-corrected chi connectivity index (χ3v) is 4.86. The standard InChI is InChI=1S/C12H24N2O3S/c1-3-9-18(16,17)13-10-12(15)14-8-6-5-7-11(14)4-2/h11,13H,3-10H2,1-2H3. The minimum Gasteiger partial charge on any atom is -0.339 e. The minimum absolute atomic E-state index is 0.0808. The fourth-order valence-corrected chi connectivity index (χ4v) is 3.39. The number of likely N-dealkylation sites (tertiary alicyclic amines) is 1. The van der Waals surface area contributed by atoms with Crippen LogP contribution in [0.4, 0.5) is 0 Å². The molecule has 1 aliphatic rings. The zero-order chi connectivity index (χ0) is 13.6. The molecule has 18 heavy (non-hydrogen) atoms. The van der Waals surface area contributed by atoms with Crippen LogP contribution < -0.4 is 4.72 Å². The first-order valence-corrected chi connectivity index (χ1v) is 8.42. The van der Waals surface area contributed by atoms with E-state index in [2.05, 4.69) is 11.6 Å². The summed E-state index contributed by atoms with van der Waals surface area (Å²) >= 11 is 0. The summed E-state index contributed by atoms with van der Waals surface area (Å²) in [6, 6.07) is 0.280. The number of carbonyl (C=O) groups is 1. The number of nitrogens with zero attached hydrogens (tertiary/aromatic N) is 1. The topological polar surface area (TPSA) is 66.5 Å². The third-order valence-electron chi connectivity index (χ3n) is 3.33. The lowest BCUT2D eigenvalue weighted by molar-refractivity contribution is -0.133. The number of sulfonamides is 1. The van der Waals surface area contributed by atoms with Gasteiger partial charge in [-0.05, 0) is 32.1 Å². The van der Waals surface area contributed by atoms with E-state index >= 15 is 0 Å². The lowest BCUT2D eigenvalue weighted by Gasteiger charge is -2.35. The molecule has 1 aliphatic heterocycles. The first kappa shape index (κ1) is 15.4. The van der Waals surface area contributed by atoms with Gasteiger partial charge in [0.05, 0.1) is 12.3 Å². The maximum absolute atomic E-state index is 12.0. The fourth-order valence-electron chi connectivity index (χ4n) is 2.37. The highest BCUT2D eigenvalue weighted by Crippen LogP contribution is 2.19. The van der Waals surface area contributed by atoms with Gasteiger partial charge in [0.15, 0.2) is 0 Å². The molecule has 5 nitrogen and oxygen atoms in total. The van der Waals surface area contributed by atoms with Crippen molar-refractivity contribution in [2.24, 2.45) is 0 Å². The van der Waals surface area contributed by atoms with E-state index in [9.17, 15) is 13.2 Å². The molecule has 0 saturated carbocycles. The molecule has 0 aromatic carbocycles. The van der Waals surface area contributed by atoms with Gasteiger partial charge in [-0.3, -0.25) is 4.79 Å². The van der Waals surface area contributed by atoms with Crippen molar-refractivity contribution in [3.63, 3.8) is 0 Å². The molecule has 106 valence electrons.